The Bertz CT molecular complexity index is 722. The molecule has 0 saturated heterocycles. The number of hydrogen-bond acceptors (Lipinski definition) is 4. The Kier molecular flexibility index (Phi) is 4.26. The Labute approximate surface area is 129 Å². The number of rotatable bonds is 2. The maximum absolute atomic E-state index is 12.5. The normalized spacial score (nSPS) is 11.5. The van der Waals surface area contributed by atoms with Crippen LogP contribution in [0.5, 0.6) is 0 Å². The molecule has 1 aromatic carbocycles. The van der Waals surface area contributed by atoms with Gasteiger partial charge in [0.05, 0.1) is 18.2 Å². The lowest BCUT2D eigenvalue weighted by atomic mass is 10.1. The van der Waals surface area contributed by atoms with Gasteiger partial charge in [-0.2, -0.15) is 0 Å². The average Bonchev–Trinajstić information content (AvgIpc) is 2.82. The Hall–Kier alpha value is -2.30. The summed E-state index contributed by atoms with van der Waals surface area (Å²) in [5.74, 6) is -0.433. The van der Waals surface area contributed by atoms with Crippen LogP contribution in [0.3, 0.4) is 0 Å². The Morgan fingerprint density at radius 1 is 1.18 bits per heavy atom. The maximum Gasteiger partial charge on any atom is 0.419 e. The molecule has 0 amide bonds. The van der Waals surface area contributed by atoms with Gasteiger partial charge in [0.25, 0.3) is 0 Å². The first-order valence-corrected chi connectivity index (χ1v) is 7.23. The van der Waals surface area contributed by atoms with E-state index in [4.69, 9.17) is 9.47 Å². The predicted molar refractivity (Wildman–Crippen MR) is 84.3 cm³/mol. The zero-order chi connectivity index (χ0) is 16.5. The van der Waals surface area contributed by atoms with E-state index < -0.39 is 17.7 Å². The van der Waals surface area contributed by atoms with E-state index in [0.29, 0.717) is 17.5 Å². The van der Waals surface area contributed by atoms with Crippen molar-refractivity contribution < 1.29 is 19.1 Å². The lowest BCUT2D eigenvalue weighted by Crippen LogP contribution is -2.28. The summed E-state index contributed by atoms with van der Waals surface area (Å²) in [7, 11) is 1.33. The molecule has 1 aromatic heterocycles. The number of methoxy groups -OCH3 is 1. The van der Waals surface area contributed by atoms with Gasteiger partial charge in [-0.1, -0.05) is 13.0 Å². The molecule has 5 heteroatoms. The molecule has 22 heavy (non-hydrogen) atoms. The van der Waals surface area contributed by atoms with E-state index in [9.17, 15) is 9.59 Å². The van der Waals surface area contributed by atoms with Crippen LogP contribution in [0.25, 0.3) is 10.9 Å². The van der Waals surface area contributed by atoms with E-state index in [0.717, 1.165) is 11.1 Å². The molecule has 2 rings (SSSR count). The molecule has 2 aromatic rings. The number of hydrogen-bond donors (Lipinski definition) is 0. The van der Waals surface area contributed by atoms with E-state index in [1.807, 2.05) is 39.8 Å². The number of nitrogens with zero attached hydrogens (tertiary/aromatic N) is 1. The first-order valence-electron chi connectivity index (χ1n) is 7.23. The minimum atomic E-state index is -0.585. The number of carbonyl (C=O) groups is 2. The molecule has 1 heterocycles. The second-order valence-corrected chi connectivity index (χ2v) is 6.07. The summed E-state index contributed by atoms with van der Waals surface area (Å²) >= 11 is 0. The van der Waals surface area contributed by atoms with Crippen molar-refractivity contribution >= 4 is 23.0 Å². The summed E-state index contributed by atoms with van der Waals surface area (Å²) in [5.41, 5.74) is 1.30. The van der Waals surface area contributed by atoms with Gasteiger partial charge in [0.2, 0.25) is 0 Å². The lowest BCUT2D eigenvalue weighted by molar-refractivity contribution is 0.0537. The highest BCUT2D eigenvalue weighted by molar-refractivity contribution is 5.97. The largest absolute Gasteiger partial charge is 0.465 e. The molecule has 0 aliphatic heterocycles. The fraction of sp³-hybridized carbons (Fsp3) is 0.412. The number of esters is 1. The average molecular weight is 303 g/mol. The van der Waals surface area contributed by atoms with Crippen LogP contribution in [0.4, 0.5) is 4.79 Å². The number of fused-ring (bicyclic) bond motifs is 1. The highest BCUT2D eigenvalue weighted by Crippen LogP contribution is 2.24. The van der Waals surface area contributed by atoms with Crippen molar-refractivity contribution in [3.8, 4) is 0 Å². The standard InChI is InChI=1S/C17H21NO4/c1-6-13-9-11-7-8-12(15(19)21-5)10-14(11)18(13)16(20)22-17(2,3)4/h7-10H,6H2,1-5H3. The number of benzene rings is 1. The minimum absolute atomic E-state index is 0.403. The molecule has 0 aliphatic carbocycles. The molecule has 0 fully saturated rings. The lowest BCUT2D eigenvalue weighted by Gasteiger charge is -2.20. The summed E-state index contributed by atoms with van der Waals surface area (Å²) in [4.78, 5) is 24.2. The first-order chi connectivity index (χ1) is 10.3. The summed E-state index contributed by atoms with van der Waals surface area (Å²) in [6.45, 7) is 7.43. The van der Waals surface area contributed by atoms with Crippen LogP contribution in [0.2, 0.25) is 0 Å². The van der Waals surface area contributed by atoms with Crippen molar-refractivity contribution in [3.05, 3.63) is 35.5 Å². The van der Waals surface area contributed by atoms with Crippen LogP contribution in [0.1, 0.15) is 43.7 Å². The van der Waals surface area contributed by atoms with Gasteiger partial charge in [-0.25, -0.2) is 14.2 Å². The molecular weight excluding hydrogens is 282 g/mol. The van der Waals surface area contributed by atoms with Gasteiger partial charge in [0.15, 0.2) is 0 Å². The van der Waals surface area contributed by atoms with Gasteiger partial charge in [0, 0.05) is 11.1 Å². The fourth-order valence-electron chi connectivity index (χ4n) is 2.29. The van der Waals surface area contributed by atoms with E-state index in [1.54, 1.807) is 12.1 Å². The van der Waals surface area contributed by atoms with Crippen molar-refractivity contribution in [2.45, 2.75) is 39.7 Å². The van der Waals surface area contributed by atoms with Crippen LogP contribution in [0, 0.1) is 0 Å². The third-order valence-corrected chi connectivity index (χ3v) is 3.24. The Morgan fingerprint density at radius 2 is 1.86 bits per heavy atom. The monoisotopic (exact) mass is 303 g/mol. The van der Waals surface area contributed by atoms with E-state index in [-0.39, 0.29) is 0 Å². The summed E-state index contributed by atoms with van der Waals surface area (Å²) in [6, 6.07) is 7.08. The van der Waals surface area contributed by atoms with Gasteiger partial charge in [-0.3, -0.25) is 0 Å². The third-order valence-electron chi connectivity index (χ3n) is 3.24. The van der Waals surface area contributed by atoms with E-state index >= 15 is 0 Å². The van der Waals surface area contributed by atoms with E-state index in [2.05, 4.69) is 0 Å². The van der Waals surface area contributed by atoms with Crippen LogP contribution in [-0.2, 0) is 15.9 Å². The highest BCUT2D eigenvalue weighted by Gasteiger charge is 2.22. The zero-order valence-electron chi connectivity index (χ0n) is 13.6. The quantitative estimate of drug-likeness (QED) is 0.792. The van der Waals surface area contributed by atoms with Gasteiger partial charge >= 0.3 is 12.1 Å². The molecule has 0 bridgehead atoms. The summed E-state index contributed by atoms with van der Waals surface area (Å²) in [6.07, 6.45) is 0.239. The van der Waals surface area contributed by atoms with Gasteiger partial charge in [-0.05, 0) is 45.4 Å². The second-order valence-electron chi connectivity index (χ2n) is 6.07. The van der Waals surface area contributed by atoms with Crippen molar-refractivity contribution in [1.82, 2.24) is 4.57 Å². The molecule has 0 N–H and O–H groups in total. The first kappa shape index (κ1) is 16.1. The number of aromatic nitrogens is 1. The molecule has 0 atom stereocenters. The molecular formula is C17H21NO4. The van der Waals surface area contributed by atoms with Crippen LogP contribution in [0.15, 0.2) is 24.3 Å². The van der Waals surface area contributed by atoms with Crippen molar-refractivity contribution in [1.29, 1.82) is 0 Å². The van der Waals surface area contributed by atoms with Crippen molar-refractivity contribution in [2.75, 3.05) is 7.11 Å². The molecule has 0 unspecified atom stereocenters. The van der Waals surface area contributed by atoms with Gasteiger partial charge < -0.3 is 9.47 Å². The predicted octanol–water partition coefficient (Wildman–Crippen LogP) is 3.77. The maximum atomic E-state index is 12.5. The fourth-order valence-corrected chi connectivity index (χ4v) is 2.29. The molecule has 0 aliphatic rings. The van der Waals surface area contributed by atoms with Crippen LogP contribution >= 0.6 is 0 Å². The van der Waals surface area contributed by atoms with Crippen LogP contribution in [-0.4, -0.2) is 29.3 Å². The van der Waals surface area contributed by atoms with Crippen LogP contribution < -0.4 is 0 Å². The zero-order valence-corrected chi connectivity index (χ0v) is 13.6. The highest BCUT2D eigenvalue weighted by atomic mass is 16.6. The summed E-state index contributed by atoms with van der Waals surface area (Å²) < 4.78 is 11.7. The molecule has 0 spiro atoms. The molecule has 0 saturated carbocycles. The number of ether oxygens (including phenoxy) is 2. The summed E-state index contributed by atoms with van der Waals surface area (Å²) in [5, 5.41) is 0.885. The Balaban J connectivity index is 2.59. The molecule has 0 radical (unpaired) electrons. The smallest absolute Gasteiger partial charge is 0.419 e. The van der Waals surface area contributed by atoms with E-state index in [1.165, 1.54) is 11.7 Å². The molecule has 5 nitrogen and oxygen atoms in total. The van der Waals surface area contributed by atoms with Crippen molar-refractivity contribution in [2.24, 2.45) is 0 Å². The van der Waals surface area contributed by atoms with Gasteiger partial charge in [-0.15, -0.1) is 0 Å². The SMILES string of the molecule is CCc1cc2ccc(C(=O)OC)cc2n1C(=O)OC(C)(C)C. The van der Waals surface area contributed by atoms with Crippen molar-refractivity contribution in [3.63, 3.8) is 0 Å². The molecule has 118 valence electrons. The number of carbonyl (C=O) groups excluding carboxylic acids is 2. The minimum Gasteiger partial charge on any atom is -0.465 e. The Morgan fingerprint density at radius 3 is 2.41 bits per heavy atom. The van der Waals surface area contributed by atoms with Gasteiger partial charge in [0.1, 0.15) is 5.60 Å². The third kappa shape index (κ3) is 3.13. The number of aryl methyl sites for hydroxylation is 1. The topological polar surface area (TPSA) is 57.5 Å². The second kappa shape index (κ2) is 5.83.